The molecule has 6 rings (SSSR count). The minimum absolute atomic E-state index is 0.0504. The number of carbonyl (C=O) groups excluding carboxylic acids is 1. The van der Waals surface area contributed by atoms with Crippen molar-refractivity contribution in [2.24, 2.45) is 11.8 Å². The zero-order chi connectivity index (χ0) is 16.4. The monoisotopic (exact) mass is 323 g/mol. The highest BCUT2D eigenvalue weighted by atomic mass is 16.5. The molecule has 5 heteroatoms. The highest BCUT2D eigenvalue weighted by Gasteiger charge is 2.82. The molecule has 2 unspecified atom stereocenters. The van der Waals surface area contributed by atoms with E-state index in [-0.39, 0.29) is 29.4 Å². The molecule has 1 saturated heterocycles. The lowest BCUT2D eigenvalue weighted by Crippen LogP contribution is -2.69. The van der Waals surface area contributed by atoms with Gasteiger partial charge in [0.1, 0.15) is 5.60 Å². The third-order valence-corrected chi connectivity index (χ3v) is 7.12. The predicted molar refractivity (Wildman–Crippen MR) is 84.7 cm³/mol. The molecule has 2 fully saturated rings. The highest BCUT2D eigenvalue weighted by Crippen LogP contribution is 2.72. The molecule has 1 spiro atoms. The number of hydrogen-bond acceptors (Lipinski definition) is 5. The summed E-state index contributed by atoms with van der Waals surface area (Å²) in [5.74, 6) is 0.677. The summed E-state index contributed by atoms with van der Waals surface area (Å²) in [6.07, 6.45) is 5.00. The summed E-state index contributed by atoms with van der Waals surface area (Å²) in [6.45, 7) is 4.67. The van der Waals surface area contributed by atoms with Crippen LogP contribution < -0.4 is 4.74 Å². The molecule has 2 heterocycles. The third kappa shape index (κ3) is 0.987. The second-order valence-corrected chi connectivity index (χ2v) is 7.67. The Hall–Kier alpha value is -2.27. The summed E-state index contributed by atoms with van der Waals surface area (Å²) in [4.78, 5) is 14.8. The summed E-state index contributed by atoms with van der Waals surface area (Å²) in [7, 11) is 0. The van der Waals surface area contributed by atoms with Crippen molar-refractivity contribution in [1.29, 1.82) is 0 Å². The molecule has 4 bridgehead atoms. The van der Waals surface area contributed by atoms with E-state index in [1.165, 1.54) is 6.08 Å². The summed E-state index contributed by atoms with van der Waals surface area (Å²) in [5, 5.41) is 22.1. The quantitative estimate of drug-likeness (QED) is 0.803. The summed E-state index contributed by atoms with van der Waals surface area (Å²) >= 11 is 0. The topological polar surface area (TPSA) is 70.0 Å². The Labute approximate surface area is 138 Å². The smallest absolute Gasteiger partial charge is 0.197 e. The fourth-order valence-corrected chi connectivity index (χ4v) is 6.54. The first-order valence-corrected chi connectivity index (χ1v) is 8.39. The van der Waals surface area contributed by atoms with Crippen LogP contribution in [0, 0.1) is 11.8 Å². The molecule has 0 radical (unpaired) electrons. The fourth-order valence-electron chi connectivity index (χ4n) is 6.54. The standard InChI is InChI=1S/C19H17NO4/c1-2-20-8-11-10-7-9-3-4-12(21)15-14(9)19(11)17(24-15)13(22)5-6-18(19,23)16(10)20/h2-6,10-11,16-17,21,23H,1,7-8H2/t10?,11?,16-,17+,18-,19+/m1/s1. The van der Waals surface area contributed by atoms with Gasteiger partial charge in [-0.25, -0.2) is 0 Å². The third-order valence-electron chi connectivity index (χ3n) is 7.12. The van der Waals surface area contributed by atoms with Gasteiger partial charge in [-0.05, 0) is 48.2 Å². The fraction of sp³-hybridized carbons (Fsp3) is 0.421. The average Bonchev–Trinajstić information content (AvgIpc) is 3.16. The molecule has 2 N–H and O–H groups in total. The summed E-state index contributed by atoms with van der Waals surface area (Å²) in [5.41, 5.74) is -0.0193. The number of phenols is 1. The molecule has 5 nitrogen and oxygen atoms in total. The number of rotatable bonds is 1. The van der Waals surface area contributed by atoms with E-state index in [2.05, 4.69) is 11.5 Å². The highest BCUT2D eigenvalue weighted by molar-refractivity contribution is 5.99. The molecule has 1 aromatic carbocycles. The van der Waals surface area contributed by atoms with Crippen LogP contribution in [0.25, 0.3) is 0 Å². The normalized spacial score (nSPS) is 45.4. The minimum atomic E-state index is -1.18. The van der Waals surface area contributed by atoms with Gasteiger partial charge in [-0.2, -0.15) is 0 Å². The maximum Gasteiger partial charge on any atom is 0.197 e. The first kappa shape index (κ1) is 13.1. The number of aliphatic hydroxyl groups is 1. The second-order valence-electron chi connectivity index (χ2n) is 7.67. The van der Waals surface area contributed by atoms with E-state index in [9.17, 15) is 15.0 Å². The van der Waals surface area contributed by atoms with E-state index in [0.29, 0.717) is 5.75 Å². The molecule has 122 valence electrons. The molecule has 1 aromatic rings. The van der Waals surface area contributed by atoms with Crippen LogP contribution in [-0.4, -0.2) is 45.2 Å². The molecular weight excluding hydrogens is 306 g/mol. The number of aromatic hydroxyl groups is 1. The SMILES string of the molecule is C=CN1CC2C3Cc4ccc(O)c5c4[C@]24[C@@H](O5)C(=O)C=C[C@@]4(O)[C@@H]31. The van der Waals surface area contributed by atoms with Crippen molar-refractivity contribution in [3.63, 3.8) is 0 Å². The summed E-state index contributed by atoms with van der Waals surface area (Å²) in [6, 6.07) is 3.44. The van der Waals surface area contributed by atoms with Crippen molar-refractivity contribution in [1.82, 2.24) is 4.90 Å². The van der Waals surface area contributed by atoms with Crippen LogP contribution in [0.2, 0.25) is 0 Å². The molecule has 0 amide bonds. The van der Waals surface area contributed by atoms with Gasteiger partial charge in [-0.15, -0.1) is 0 Å². The van der Waals surface area contributed by atoms with E-state index in [1.54, 1.807) is 18.3 Å². The van der Waals surface area contributed by atoms with Gasteiger partial charge in [-0.1, -0.05) is 12.6 Å². The van der Waals surface area contributed by atoms with Crippen LogP contribution in [-0.2, 0) is 16.6 Å². The van der Waals surface area contributed by atoms with E-state index >= 15 is 0 Å². The van der Waals surface area contributed by atoms with Gasteiger partial charge in [0, 0.05) is 12.1 Å². The van der Waals surface area contributed by atoms with Crippen LogP contribution in [0.4, 0.5) is 0 Å². The molecule has 5 aliphatic rings. The van der Waals surface area contributed by atoms with Gasteiger partial charge in [0.15, 0.2) is 23.4 Å². The Morgan fingerprint density at radius 1 is 1.42 bits per heavy atom. The van der Waals surface area contributed by atoms with Gasteiger partial charge in [0.25, 0.3) is 0 Å². The molecule has 3 aliphatic carbocycles. The molecule has 24 heavy (non-hydrogen) atoms. The van der Waals surface area contributed by atoms with Crippen molar-refractivity contribution < 1.29 is 19.7 Å². The zero-order valence-electron chi connectivity index (χ0n) is 13.0. The number of fused-ring (bicyclic) bond motifs is 1. The Morgan fingerprint density at radius 3 is 3.04 bits per heavy atom. The van der Waals surface area contributed by atoms with E-state index in [1.807, 2.05) is 6.07 Å². The lowest BCUT2D eigenvalue weighted by atomic mass is 9.55. The molecule has 2 aliphatic heterocycles. The lowest BCUT2D eigenvalue weighted by molar-refractivity contribution is -0.138. The Morgan fingerprint density at radius 2 is 2.25 bits per heavy atom. The van der Waals surface area contributed by atoms with Crippen molar-refractivity contribution in [3.05, 3.63) is 48.2 Å². The van der Waals surface area contributed by atoms with Crippen molar-refractivity contribution >= 4 is 5.78 Å². The van der Waals surface area contributed by atoms with Crippen LogP contribution in [0.1, 0.15) is 11.1 Å². The minimum Gasteiger partial charge on any atom is -0.504 e. The maximum absolute atomic E-state index is 12.7. The number of ketones is 1. The lowest BCUT2D eigenvalue weighted by Gasteiger charge is -2.53. The van der Waals surface area contributed by atoms with E-state index in [4.69, 9.17) is 4.74 Å². The largest absolute Gasteiger partial charge is 0.504 e. The van der Waals surface area contributed by atoms with Gasteiger partial charge in [0.05, 0.1) is 11.5 Å². The number of likely N-dealkylation sites (tertiary alicyclic amines) is 1. The number of carbonyl (C=O) groups is 1. The maximum atomic E-state index is 12.7. The van der Waals surface area contributed by atoms with Gasteiger partial charge >= 0.3 is 0 Å². The van der Waals surface area contributed by atoms with E-state index < -0.39 is 17.1 Å². The number of benzene rings is 1. The predicted octanol–water partition coefficient (Wildman–Crippen LogP) is 0.891. The number of piperidine rings is 1. The molecule has 1 saturated carbocycles. The van der Waals surface area contributed by atoms with E-state index in [0.717, 1.165) is 24.1 Å². The van der Waals surface area contributed by atoms with Crippen LogP contribution in [0.5, 0.6) is 11.5 Å². The molecular formula is C19H17NO4. The van der Waals surface area contributed by atoms with Crippen LogP contribution >= 0.6 is 0 Å². The summed E-state index contributed by atoms with van der Waals surface area (Å²) < 4.78 is 6.00. The first-order chi connectivity index (χ1) is 11.5. The van der Waals surface area contributed by atoms with Gasteiger partial charge in [-0.3, -0.25) is 4.79 Å². The molecule has 6 atom stereocenters. The first-order valence-electron chi connectivity index (χ1n) is 8.39. The van der Waals surface area contributed by atoms with Gasteiger partial charge < -0.3 is 19.8 Å². The van der Waals surface area contributed by atoms with Crippen LogP contribution in [0.3, 0.4) is 0 Å². The van der Waals surface area contributed by atoms with Crippen molar-refractivity contribution in [2.75, 3.05) is 6.54 Å². The molecule has 0 aromatic heterocycles. The average molecular weight is 323 g/mol. The second kappa shape index (κ2) is 3.54. The van der Waals surface area contributed by atoms with Crippen molar-refractivity contribution in [3.8, 4) is 11.5 Å². The Kier molecular flexibility index (Phi) is 1.93. The number of ether oxygens (including phenoxy) is 1. The number of phenolic OH excluding ortho intramolecular Hbond substituents is 1. The van der Waals surface area contributed by atoms with Gasteiger partial charge in [0.2, 0.25) is 0 Å². The Balaban J connectivity index is 1.76. The Bertz CT molecular complexity index is 876. The van der Waals surface area contributed by atoms with Crippen molar-refractivity contribution in [2.45, 2.75) is 29.6 Å². The zero-order valence-corrected chi connectivity index (χ0v) is 13.0. The number of hydrogen-bond donors (Lipinski definition) is 2. The van der Waals surface area contributed by atoms with Crippen LogP contribution in [0.15, 0.2) is 37.1 Å². The number of nitrogens with zero attached hydrogens (tertiary/aromatic N) is 1.